The molecule has 3 N–H and O–H groups in total. The third-order valence-electron chi connectivity index (χ3n) is 5.01. The Morgan fingerprint density at radius 3 is 2.41 bits per heavy atom. The fourth-order valence-corrected chi connectivity index (χ4v) is 3.41. The molecular weight excluding hydrogens is 449 g/mol. The monoisotopic (exact) mass is 479 g/mol. The third-order valence-corrected chi connectivity index (χ3v) is 5.01. The van der Waals surface area contributed by atoms with Crippen LogP contribution in [0.5, 0.6) is 0 Å². The number of guanidine groups is 1. The van der Waals surface area contributed by atoms with Crippen LogP contribution in [0.2, 0.25) is 0 Å². The van der Waals surface area contributed by atoms with Crippen LogP contribution >= 0.6 is 24.0 Å². The summed E-state index contributed by atoms with van der Waals surface area (Å²) in [6, 6.07) is 18.8. The Balaban J connectivity index is 0.00000261. The molecule has 2 aromatic carbocycles. The van der Waals surface area contributed by atoms with Crippen LogP contribution in [-0.4, -0.2) is 19.2 Å². The Hall–Kier alpha value is -1.60. The Morgan fingerprint density at radius 2 is 1.78 bits per heavy atom. The maximum atomic E-state index is 6.23. The van der Waals surface area contributed by atoms with Gasteiger partial charge in [0, 0.05) is 18.9 Å². The maximum Gasteiger partial charge on any atom is 0.193 e. The largest absolute Gasteiger partial charge is 0.381 e. The van der Waals surface area contributed by atoms with Crippen LogP contribution in [0.25, 0.3) is 0 Å². The third kappa shape index (κ3) is 6.81. The van der Waals surface area contributed by atoms with Crippen molar-refractivity contribution in [2.45, 2.75) is 38.6 Å². The Morgan fingerprint density at radius 1 is 1.11 bits per heavy atom. The smallest absolute Gasteiger partial charge is 0.193 e. The zero-order valence-corrected chi connectivity index (χ0v) is 18.3. The van der Waals surface area contributed by atoms with E-state index in [1.807, 2.05) is 6.07 Å². The van der Waals surface area contributed by atoms with E-state index in [0.717, 1.165) is 44.6 Å². The zero-order chi connectivity index (χ0) is 18.2. The number of aliphatic imine (C=N–C) groups is 1. The average Bonchev–Trinajstić information content (AvgIpc) is 2.69. The number of benzene rings is 2. The number of nitrogens with two attached hydrogens (primary N) is 1. The molecule has 0 bridgehead atoms. The normalized spacial score (nSPS) is 16.4. The lowest BCUT2D eigenvalue weighted by Gasteiger charge is -2.25. The van der Waals surface area contributed by atoms with Gasteiger partial charge in [-0.2, -0.15) is 0 Å². The molecule has 0 aromatic heterocycles. The number of nitrogens with zero attached hydrogens (tertiary/aromatic N) is 1. The summed E-state index contributed by atoms with van der Waals surface area (Å²) in [5, 5.41) is 3.23. The van der Waals surface area contributed by atoms with Gasteiger partial charge in [-0.05, 0) is 54.9 Å². The van der Waals surface area contributed by atoms with E-state index in [9.17, 15) is 0 Å². The SMILES string of the molecule is CCc1ccc(NC(N)=NC(CC2CCOCC2)c2ccccc2)cc1.I. The predicted molar refractivity (Wildman–Crippen MR) is 124 cm³/mol. The number of hydrogen-bond donors (Lipinski definition) is 2. The first-order chi connectivity index (χ1) is 12.7. The Kier molecular flexibility index (Phi) is 9.07. The predicted octanol–water partition coefficient (Wildman–Crippen LogP) is 5.15. The molecule has 0 aliphatic carbocycles. The molecule has 0 amide bonds. The van der Waals surface area contributed by atoms with Crippen LogP contribution in [-0.2, 0) is 11.2 Å². The highest BCUT2D eigenvalue weighted by Gasteiger charge is 2.20. The van der Waals surface area contributed by atoms with Crippen molar-refractivity contribution in [1.82, 2.24) is 0 Å². The van der Waals surface area contributed by atoms with Crippen molar-refractivity contribution >= 4 is 35.6 Å². The van der Waals surface area contributed by atoms with Crippen LogP contribution in [0.1, 0.15) is 43.4 Å². The van der Waals surface area contributed by atoms with Gasteiger partial charge in [0.25, 0.3) is 0 Å². The summed E-state index contributed by atoms with van der Waals surface area (Å²) in [7, 11) is 0. The molecular formula is C22H30IN3O. The van der Waals surface area contributed by atoms with Crippen molar-refractivity contribution in [3.8, 4) is 0 Å². The van der Waals surface area contributed by atoms with Crippen molar-refractivity contribution in [1.29, 1.82) is 0 Å². The number of aryl methyl sites for hydroxylation is 1. The summed E-state index contributed by atoms with van der Waals surface area (Å²) < 4.78 is 5.49. The van der Waals surface area contributed by atoms with Gasteiger partial charge in [0.1, 0.15) is 0 Å². The minimum Gasteiger partial charge on any atom is -0.381 e. The fraction of sp³-hybridized carbons (Fsp3) is 0.409. The molecule has 3 rings (SSSR count). The molecule has 1 aliphatic rings. The van der Waals surface area contributed by atoms with Crippen molar-refractivity contribution in [2.75, 3.05) is 18.5 Å². The molecule has 2 aromatic rings. The number of rotatable bonds is 6. The standard InChI is InChI=1S/C22H29N3O.HI/c1-2-17-8-10-20(11-9-17)24-22(23)25-21(19-6-4-3-5-7-19)16-18-12-14-26-15-13-18;/h3-11,18,21H,2,12-16H2,1H3,(H3,23,24,25);1H. The molecule has 0 radical (unpaired) electrons. The summed E-state index contributed by atoms with van der Waals surface area (Å²) in [5.74, 6) is 1.10. The molecule has 27 heavy (non-hydrogen) atoms. The van der Waals surface area contributed by atoms with Crippen LogP contribution in [0, 0.1) is 5.92 Å². The van der Waals surface area contributed by atoms with Gasteiger partial charge in [-0.25, -0.2) is 4.99 Å². The van der Waals surface area contributed by atoms with Crippen molar-refractivity contribution in [3.63, 3.8) is 0 Å². The number of anilines is 1. The molecule has 0 saturated carbocycles. The van der Waals surface area contributed by atoms with E-state index in [2.05, 4.69) is 60.8 Å². The van der Waals surface area contributed by atoms with Gasteiger partial charge < -0.3 is 15.8 Å². The van der Waals surface area contributed by atoms with Crippen molar-refractivity contribution in [3.05, 3.63) is 65.7 Å². The van der Waals surface area contributed by atoms with Crippen LogP contribution in [0.15, 0.2) is 59.6 Å². The summed E-state index contributed by atoms with van der Waals surface area (Å²) in [6.07, 6.45) is 4.24. The van der Waals surface area contributed by atoms with Crippen LogP contribution in [0.3, 0.4) is 0 Å². The quantitative estimate of drug-likeness (QED) is 0.342. The average molecular weight is 479 g/mol. The summed E-state index contributed by atoms with van der Waals surface area (Å²) in [6.45, 7) is 3.86. The Labute approximate surface area is 179 Å². The number of ether oxygens (including phenoxy) is 1. The van der Waals surface area contributed by atoms with Crippen molar-refractivity contribution in [2.24, 2.45) is 16.6 Å². The first kappa shape index (κ1) is 21.7. The lowest BCUT2D eigenvalue weighted by Crippen LogP contribution is -2.25. The first-order valence-corrected chi connectivity index (χ1v) is 9.56. The molecule has 1 unspecified atom stereocenters. The van der Waals surface area contributed by atoms with Crippen molar-refractivity contribution < 1.29 is 4.74 Å². The summed E-state index contributed by atoms with van der Waals surface area (Å²) >= 11 is 0. The highest BCUT2D eigenvalue weighted by atomic mass is 127. The van der Waals surface area contributed by atoms with Gasteiger partial charge in [-0.3, -0.25) is 0 Å². The van der Waals surface area contributed by atoms with E-state index in [1.54, 1.807) is 0 Å². The highest BCUT2D eigenvalue weighted by Crippen LogP contribution is 2.30. The van der Waals surface area contributed by atoms with Gasteiger partial charge in [0.2, 0.25) is 0 Å². The van der Waals surface area contributed by atoms with Gasteiger partial charge in [0.15, 0.2) is 5.96 Å². The molecule has 1 atom stereocenters. The second kappa shape index (κ2) is 11.3. The molecule has 4 nitrogen and oxygen atoms in total. The van der Waals surface area contributed by atoms with E-state index in [1.165, 1.54) is 11.1 Å². The summed E-state index contributed by atoms with van der Waals surface area (Å²) in [5.41, 5.74) is 9.73. The Bertz CT molecular complexity index is 697. The fourth-order valence-electron chi connectivity index (χ4n) is 3.41. The molecule has 0 spiro atoms. The molecule has 1 heterocycles. The van der Waals surface area contributed by atoms with Gasteiger partial charge in [0.05, 0.1) is 6.04 Å². The minimum atomic E-state index is 0. The minimum absolute atomic E-state index is 0. The first-order valence-electron chi connectivity index (χ1n) is 9.56. The molecule has 1 aliphatic heterocycles. The number of halogens is 1. The van der Waals surface area contributed by atoms with Crippen LogP contribution < -0.4 is 11.1 Å². The van der Waals surface area contributed by atoms with E-state index < -0.39 is 0 Å². The second-order valence-corrected chi connectivity index (χ2v) is 6.91. The highest BCUT2D eigenvalue weighted by molar-refractivity contribution is 14.0. The zero-order valence-electron chi connectivity index (χ0n) is 15.9. The van der Waals surface area contributed by atoms with E-state index >= 15 is 0 Å². The summed E-state index contributed by atoms with van der Waals surface area (Å²) in [4.78, 5) is 4.82. The number of hydrogen-bond acceptors (Lipinski definition) is 2. The molecule has 5 heteroatoms. The molecule has 146 valence electrons. The topological polar surface area (TPSA) is 59.6 Å². The van der Waals surface area contributed by atoms with E-state index in [0.29, 0.717) is 11.9 Å². The van der Waals surface area contributed by atoms with Gasteiger partial charge in [-0.1, -0.05) is 49.4 Å². The number of nitrogens with one attached hydrogen (secondary N) is 1. The molecule has 1 fully saturated rings. The second-order valence-electron chi connectivity index (χ2n) is 6.91. The lowest BCUT2D eigenvalue weighted by atomic mass is 9.90. The van der Waals surface area contributed by atoms with Crippen LogP contribution in [0.4, 0.5) is 5.69 Å². The van der Waals surface area contributed by atoms with E-state index in [-0.39, 0.29) is 30.0 Å². The van der Waals surface area contributed by atoms with Gasteiger partial charge in [-0.15, -0.1) is 24.0 Å². The van der Waals surface area contributed by atoms with E-state index in [4.69, 9.17) is 15.5 Å². The maximum absolute atomic E-state index is 6.23. The van der Waals surface area contributed by atoms with Gasteiger partial charge >= 0.3 is 0 Å². The molecule has 1 saturated heterocycles. The lowest BCUT2D eigenvalue weighted by molar-refractivity contribution is 0.0619.